The Labute approximate surface area is 161 Å². The lowest BCUT2D eigenvalue weighted by Gasteiger charge is -2.05. The van der Waals surface area contributed by atoms with E-state index in [4.69, 9.17) is 4.52 Å². The number of nitro groups is 1. The first-order valence-electron chi connectivity index (χ1n) is 8.05. The lowest BCUT2D eigenvalue weighted by Crippen LogP contribution is -2.36. The minimum absolute atomic E-state index is 0.138. The summed E-state index contributed by atoms with van der Waals surface area (Å²) < 4.78 is 6.15. The van der Waals surface area contributed by atoms with Gasteiger partial charge in [0, 0.05) is 13.1 Å². The van der Waals surface area contributed by atoms with Crippen molar-refractivity contribution in [2.75, 3.05) is 13.1 Å². The van der Waals surface area contributed by atoms with Gasteiger partial charge in [0.05, 0.1) is 21.7 Å². The second-order valence-corrected chi connectivity index (χ2v) is 6.51. The molecule has 3 rings (SSSR count). The van der Waals surface area contributed by atoms with Crippen LogP contribution in [0.5, 0.6) is 0 Å². The molecule has 13 heteroatoms. The maximum Gasteiger partial charge on any atom is 0.390 e. The molecule has 3 aromatic heterocycles. The number of nitrogens with one attached hydrogen (secondary N) is 2. The minimum atomic E-state index is -0.627. The summed E-state index contributed by atoms with van der Waals surface area (Å²) in [6.07, 6.45) is 0. The van der Waals surface area contributed by atoms with Gasteiger partial charge in [0.15, 0.2) is 0 Å². The Morgan fingerprint density at radius 2 is 2.14 bits per heavy atom. The van der Waals surface area contributed by atoms with E-state index in [0.29, 0.717) is 11.5 Å². The SMILES string of the molecule is Cc1cc([N+](=O)[O-])nn1CC(=O)NCCNC(=O)c1nc(-c2cccs2)no1. The number of aryl methyl sites for hydroxylation is 1. The van der Waals surface area contributed by atoms with Gasteiger partial charge in [0.1, 0.15) is 6.54 Å². The van der Waals surface area contributed by atoms with Gasteiger partial charge in [-0.15, -0.1) is 11.3 Å². The molecule has 0 aliphatic rings. The summed E-state index contributed by atoms with van der Waals surface area (Å²) in [7, 11) is 0. The number of nitrogens with zero attached hydrogens (tertiary/aromatic N) is 5. The van der Waals surface area contributed by atoms with Crippen molar-refractivity contribution in [2.24, 2.45) is 0 Å². The molecule has 3 aromatic rings. The van der Waals surface area contributed by atoms with E-state index in [1.165, 1.54) is 22.1 Å². The van der Waals surface area contributed by atoms with E-state index in [1.54, 1.807) is 6.92 Å². The summed E-state index contributed by atoms with van der Waals surface area (Å²) in [6, 6.07) is 4.92. The second kappa shape index (κ2) is 8.39. The molecule has 0 aromatic carbocycles. The molecule has 3 heterocycles. The van der Waals surface area contributed by atoms with Crippen molar-refractivity contribution in [2.45, 2.75) is 13.5 Å². The monoisotopic (exact) mass is 405 g/mol. The number of thiophene rings is 1. The second-order valence-electron chi connectivity index (χ2n) is 5.56. The molecule has 0 bridgehead atoms. The third kappa shape index (κ3) is 4.56. The van der Waals surface area contributed by atoms with Crippen LogP contribution >= 0.6 is 11.3 Å². The number of carbonyl (C=O) groups excluding carboxylic acids is 2. The van der Waals surface area contributed by atoms with Crippen molar-refractivity contribution in [1.29, 1.82) is 0 Å². The third-order valence-corrected chi connectivity index (χ3v) is 4.41. The summed E-state index contributed by atoms with van der Waals surface area (Å²) in [5.41, 5.74) is 0.494. The van der Waals surface area contributed by atoms with Crippen molar-refractivity contribution in [1.82, 2.24) is 30.6 Å². The molecule has 0 radical (unpaired) electrons. The van der Waals surface area contributed by atoms with Crippen LogP contribution in [0.2, 0.25) is 0 Å². The Kier molecular flexibility index (Phi) is 5.74. The molecule has 28 heavy (non-hydrogen) atoms. The minimum Gasteiger partial charge on any atom is -0.358 e. The maximum atomic E-state index is 12.0. The van der Waals surface area contributed by atoms with Gasteiger partial charge in [-0.3, -0.25) is 9.59 Å². The Morgan fingerprint density at radius 3 is 2.82 bits per heavy atom. The number of amides is 2. The zero-order chi connectivity index (χ0) is 20.1. The van der Waals surface area contributed by atoms with Gasteiger partial charge in [-0.1, -0.05) is 11.2 Å². The molecule has 0 aliphatic carbocycles. The summed E-state index contributed by atoms with van der Waals surface area (Å²) >= 11 is 1.42. The van der Waals surface area contributed by atoms with Crippen LogP contribution in [0, 0.1) is 17.0 Å². The highest BCUT2D eigenvalue weighted by Gasteiger charge is 2.18. The molecule has 0 atom stereocenters. The molecule has 0 saturated heterocycles. The van der Waals surface area contributed by atoms with Crippen LogP contribution < -0.4 is 10.6 Å². The number of carbonyl (C=O) groups is 2. The first-order valence-corrected chi connectivity index (χ1v) is 8.93. The summed E-state index contributed by atoms with van der Waals surface area (Å²) in [5, 5.41) is 25.1. The average molecular weight is 405 g/mol. The Hall–Kier alpha value is -3.61. The fourth-order valence-electron chi connectivity index (χ4n) is 2.21. The number of hydrogen-bond acceptors (Lipinski definition) is 9. The molecule has 0 unspecified atom stereocenters. The summed E-state index contributed by atoms with van der Waals surface area (Å²) in [4.78, 5) is 38.7. The number of hydrogen-bond donors (Lipinski definition) is 2. The van der Waals surface area contributed by atoms with Crippen molar-refractivity contribution >= 4 is 29.0 Å². The number of rotatable bonds is 8. The first kappa shape index (κ1) is 19.2. The molecule has 2 amide bonds. The fourth-order valence-corrected chi connectivity index (χ4v) is 2.86. The van der Waals surface area contributed by atoms with Gasteiger partial charge in [0.25, 0.3) is 0 Å². The van der Waals surface area contributed by atoms with Crippen molar-refractivity contribution in [3.63, 3.8) is 0 Å². The van der Waals surface area contributed by atoms with E-state index < -0.39 is 16.7 Å². The van der Waals surface area contributed by atoms with Crippen LogP contribution in [0.4, 0.5) is 5.82 Å². The summed E-state index contributed by atoms with van der Waals surface area (Å²) in [5.74, 6) is -1.11. The zero-order valence-electron chi connectivity index (χ0n) is 14.6. The van der Waals surface area contributed by atoms with Crippen LogP contribution in [0.25, 0.3) is 10.7 Å². The van der Waals surface area contributed by atoms with Gasteiger partial charge in [-0.2, -0.15) is 9.67 Å². The van der Waals surface area contributed by atoms with Gasteiger partial charge < -0.3 is 25.3 Å². The van der Waals surface area contributed by atoms with Gasteiger partial charge >= 0.3 is 17.6 Å². The molecule has 146 valence electrons. The maximum absolute atomic E-state index is 12.0. The predicted octanol–water partition coefficient (Wildman–Crippen LogP) is 0.757. The highest BCUT2D eigenvalue weighted by atomic mass is 32.1. The Balaban J connectivity index is 1.42. The van der Waals surface area contributed by atoms with E-state index in [0.717, 1.165) is 4.88 Å². The van der Waals surface area contributed by atoms with Crippen LogP contribution in [0.1, 0.15) is 16.4 Å². The standard InChI is InChI=1S/C15H15N7O5S/c1-9-7-11(22(25)26)19-21(9)8-12(23)16-4-5-17-14(24)15-18-13(20-27-15)10-3-2-6-28-10/h2-3,6-7H,4-5,8H2,1H3,(H,16,23)(H,17,24). The largest absolute Gasteiger partial charge is 0.390 e. The molecule has 0 fully saturated rings. The van der Waals surface area contributed by atoms with Crippen LogP contribution in [0.15, 0.2) is 28.1 Å². The molecule has 0 aliphatic heterocycles. The van der Waals surface area contributed by atoms with Crippen molar-refractivity contribution in [3.05, 3.63) is 45.3 Å². The van der Waals surface area contributed by atoms with E-state index in [-0.39, 0.29) is 31.3 Å². The molecular formula is C15H15N7O5S. The van der Waals surface area contributed by atoms with E-state index in [1.807, 2.05) is 17.5 Å². The highest BCUT2D eigenvalue weighted by molar-refractivity contribution is 7.13. The van der Waals surface area contributed by atoms with Gasteiger partial charge in [0.2, 0.25) is 11.7 Å². The zero-order valence-corrected chi connectivity index (χ0v) is 15.4. The lowest BCUT2D eigenvalue weighted by atomic mass is 10.4. The average Bonchev–Trinajstić information content (AvgIpc) is 3.39. The first-order chi connectivity index (χ1) is 13.4. The third-order valence-electron chi connectivity index (χ3n) is 3.54. The smallest absolute Gasteiger partial charge is 0.358 e. The van der Waals surface area contributed by atoms with Crippen LogP contribution in [0.3, 0.4) is 0 Å². The number of aromatic nitrogens is 4. The lowest BCUT2D eigenvalue weighted by molar-refractivity contribution is -0.389. The molecular weight excluding hydrogens is 390 g/mol. The van der Waals surface area contributed by atoms with Gasteiger partial charge in [-0.05, 0) is 23.3 Å². The van der Waals surface area contributed by atoms with Gasteiger partial charge in [-0.25, -0.2) is 0 Å². The molecule has 0 saturated carbocycles. The van der Waals surface area contributed by atoms with E-state index in [2.05, 4.69) is 25.9 Å². The van der Waals surface area contributed by atoms with E-state index >= 15 is 0 Å². The normalized spacial score (nSPS) is 10.6. The summed E-state index contributed by atoms with van der Waals surface area (Å²) in [6.45, 7) is 1.74. The van der Waals surface area contributed by atoms with Crippen LogP contribution in [-0.2, 0) is 11.3 Å². The van der Waals surface area contributed by atoms with Crippen molar-refractivity contribution in [3.8, 4) is 10.7 Å². The highest BCUT2D eigenvalue weighted by Crippen LogP contribution is 2.21. The Bertz CT molecular complexity index is 995. The molecule has 0 spiro atoms. The quantitative estimate of drug-likeness (QED) is 0.316. The fraction of sp³-hybridized carbons (Fsp3) is 0.267. The Morgan fingerprint density at radius 1 is 1.36 bits per heavy atom. The van der Waals surface area contributed by atoms with E-state index in [9.17, 15) is 19.7 Å². The van der Waals surface area contributed by atoms with Crippen LogP contribution in [-0.4, -0.2) is 49.7 Å². The molecule has 12 nitrogen and oxygen atoms in total. The predicted molar refractivity (Wildman–Crippen MR) is 96.6 cm³/mol. The van der Waals surface area contributed by atoms with Crippen molar-refractivity contribution < 1.29 is 19.0 Å². The molecule has 2 N–H and O–H groups in total. The topological polar surface area (TPSA) is 158 Å².